The van der Waals surface area contributed by atoms with E-state index >= 15 is 0 Å². The van der Waals surface area contributed by atoms with E-state index in [0.717, 1.165) is 30.0 Å². The SMILES string of the molecule is NCC1CCCCC1NC(=O)c1ccc(S(=O)(=O)N2CCNC(=O)C2)cc1. The molecule has 1 aliphatic carbocycles. The molecule has 4 N–H and O–H groups in total. The van der Waals surface area contributed by atoms with Crippen molar-refractivity contribution in [2.24, 2.45) is 11.7 Å². The average Bonchev–Trinajstić information content (AvgIpc) is 2.68. The highest BCUT2D eigenvalue weighted by Gasteiger charge is 2.29. The number of hydrogen-bond acceptors (Lipinski definition) is 5. The summed E-state index contributed by atoms with van der Waals surface area (Å²) in [6.07, 6.45) is 4.14. The van der Waals surface area contributed by atoms with Gasteiger partial charge in [0.25, 0.3) is 5.91 Å². The van der Waals surface area contributed by atoms with E-state index in [4.69, 9.17) is 5.73 Å². The molecule has 3 rings (SSSR count). The molecule has 9 heteroatoms. The van der Waals surface area contributed by atoms with Crippen LogP contribution in [0.5, 0.6) is 0 Å². The number of nitrogens with two attached hydrogens (primary N) is 1. The molecule has 2 unspecified atom stereocenters. The number of nitrogens with zero attached hydrogens (tertiary/aromatic N) is 1. The molecule has 2 aliphatic rings. The molecular weight excluding hydrogens is 368 g/mol. The number of piperazine rings is 1. The van der Waals surface area contributed by atoms with Crippen LogP contribution in [-0.4, -0.2) is 56.8 Å². The van der Waals surface area contributed by atoms with Gasteiger partial charge in [-0.1, -0.05) is 12.8 Å². The van der Waals surface area contributed by atoms with Gasteiger partial charge in [0, 0.05) is 24.7 Å². The van der Waals surface area contributed by atoms with Gasteiger partial charge in [-0.2, -0.15) is 4.31 Å². The fraction of sp³-hybridized carbons (Fsp3) is 0.556. The first kappa shape index (κ1) is 19.8. The van der Waals surface area contributed by atoms with Gasteiger partial charge in [-0.15, -0.1) is 0 Å². The van der Waals surface area contributed by atoms with E-state index in [1.807, 2.05) is 0 Å². The van der Waals surface area contributed by atoms with Crippen molar-refractivity contribution in [1.29, 1.82) is 0 Å². The molecule has 0 bridgehead atoms. The van der Waals surface area contributed by atoms with E-state index in [1.54, 1.807) is 0 Å². The summed E-state index contributed by atoms with van der Waals surface area (Å²) in [7, 11) is -3.75. The zero-order valence-electron chi connectivity index (χ0n) is 15.2. The Balaban J connectivity index is 1.69. The van der Waals surface area contributed by atoms with Crippen molar-refractivity contribution in [2.45, 2.75) is 36.6 Å². The highest BCUT2D eigenvalue weighted by molar-refractivity contribution is 7.89. The lowest BCUT2D eigenvalue weighted by Gasteiger charge is -2.31. The minimum atomic E-state index is -3.75. The van der Waals surface area contributed by atoms with Crippen LogP contribution in [-0.2, 0) is 14.8 Å². The molecule has 0 aromatic heterocycles. The van der Waals surface area contributed by atoms with Gasteiger partial charge >= 0.3 is 0 Å². The van der Waals surface area contributed by atoms with Crippen LogP contribution in [0.4, 0.5) is 0 Å². The zero-order valence-corrected chi connectivity index (χ0v) is 16.0. The van der Waals surface area contributed by atoms with Gasteiger partial charge in [0.1, 0.15) is 0 Å². The molecule has 27 heavy (non-hydrogen) atoms. The highest BCUT2D eigenvalue weighted by Crippen LogP contribution is 2.24. The van der Waals surface area contributed by atoms with Crippen LogP contribution in [0.25, 0.3) is 0 Å². The first-order valence-electron chi connectivity index (χ1n) is 9.29. The predicted octanol–water partition coefficient (Wildman–Crippen LogP) is 0.0544. The van der Waals surface area contributed by atoms with Crippen molar-refractivity contribution in [3.63, 3.8) is 0 Å². The molecule has 148 valence electrons. The van der Waals surface area contributed by atoms with Gasteiger partial charge in [0.2, 0.25) is 15.9 Å². The first-order chi connectivity index (χ1) is 12.9. The van der Waals surface area contributed by atoms with Gasteiger partial charge in [-0.25, -0.2) is 8.42 Å². The summed E-state index contributed by atoms with van der Waals surface area (Å²) in [5, 5.41) is 5.63. The lowest BCUT2D eigenvalue weighted by atomic mass is 9.84. The molecule has 2 atom stereocenters. The fourth-order valence-corrected chi connectivity index (χ4v) is 5.08. The van der Waals surface area contributed by atoms with E-state index < -0.39 is 10.0 Å². The number of carbonyl (C=O) groups is 2. The summed E-state index contributed by atoms with van der Waals surface area (Å²) in [5.74, 6) is -0.253. The van der Waals surface area contributed by atoms with Gasteiger partial charge in [-0.05, 0) is 49.6 Å². The van der Waals surface area contributed by atoms with E-state index in [0.29, 0.717) is 18.7 Å². The molecular formula is C18H26N4O4S. The Labute approximate surface area is 159 Å². The maximum Gasteiger partial charge on any atom is 0.251 e. The molecule has 2 amide bonds. The largest absolute Gasteiger partial charge is 0.354 e. The van der Waals surface area contributed by atoms with Gasteiger partial charge in [0.15, 0.2) is 0 Å². The molecule has 0 spiro atoms. The Bertz CT molecular complexity index is 794. The predicted molar refractivity (Wildman–Crippen MR) is 100 cm³/mol. The Hall–Kier alpha value is -1.97. The number of rotatable bonds is 5. The van der Waals surface area contributed by atoms with Crippen LogP contribution in [0, 0.1) is 5.92 Å². The van der Waals surface area contributed by atoms with Crippen LogP contribution in [0.2, 0.25) is 0 Å². The Morgan fingerprint density at radius 1 is 1.22 bits per heavy atom. The third-order valence-corrected chi connectivity index (χ3v) is 7.15. The third kappa shape index (κ3) is 4.48. The monoisotopic (exact) mass is 394 g/mol. The maximum absolute atomic E-state index is 12.6. The number of amides is 2. The second-order valence-electron chi connectivity index (χ2n) is 7.07. The summed E-state index contributed by atoms with van der Waals surface area (Å²) in [6.45, 7) is 0.888. The van der Waals surface area contributed by atoms with Crippen LogP contribution in [0.15, 0.2) is 29.2 Å². The van der Waals surface area contributed by atoms with Crippen LogP contribution < -0.4 is 16.4 Å². The lowest BCUT2D eigenvalue weighted by molar-refractivity contribution is -0.122. The number of nitrogens with one attached hydrogen (secondary N) is 2. The molecule has 1 aromatic rings. The number of benzene rings is 1. The van der Waals surface area contributed by atoms with Gasteiger partial charge in [0.05, 0.1) is 11.4 Å². The lowest BCUT2D eigenvalue weighted by Crippen LogP contribution is -2.49. The van der Waals surface area contributed by atoms with E-state index in [9.17, 15) is 18.0 Å². The summed E-state index contributed by atoms with van der Waals surface area (Å²) in [5.41, 5.74) is 6.21. The molecule has 1 aromatic carbocycles. The van der Waals surface area contributed by atoms with Crippen molar-refractivity contribution >= 4 is 21.8 Å². The zero-order chi connectivity index (χ0) is 19.4. The number of sulfonamides is 1. The Morgan fingerprint density at radius 2 is 1.93 bits per heavy atom. The van der Waals surface area contributed by atoms with Crippen molar-refractivity contribution in [2.75, 3.05) is 26.2 Å². The number of hydrogen-bond donors (Lipinski definition) is 3. The summed E-state index contributed by atoms with van der Waals surface area (Å²) < 4.78 is 26.4. The molecule has 1 heterocycles. The van der Waals surface area contributed by atoms with E-state index in [2.05, 4.69) is 10.6 Å². The van der Waals surface area contributed by atoms with E-state index in [1.165, 1.54) is 24.3 Å². The quantitative estimate of drug-likeness (QED) is 0.652. The Kier molecular flexibility index (Phi) is 6.13. The fourth-order valence-electron chi connectivity index (χ4n) is 3.68. The molecule has 1 aliphatic heterocycles. The molecule has 1 saturated carbocycles. The van der Waals surface area contributed by atoms with Gasteiger partial charge < -0.3 is 16.4 Å². The highest BCUT2D eigenvalue weighted by atomic mass is 32.2. The second-order valence-corrected chi connectivity index (χ2v) is 9.01. The molecule has 1 saturated heterocycles. The minimum absolute atomic E-state index is 0.0616. The van der Waals surface area contributed by atoms with Crippen LogP contribution >= 0.6 is 0 Å². The Morgan fingerprint density at radius 3 is 2.59 bits per heavy atom. The topological polar surface area (TPSA) is 122 Å². The average molecular weight is 394 g/mol. The second kappa shape index (κ2) is 8.37. The maximum atomic E-state index is 12.6. The molecule has 2 fully saturated rings. The van der Waals surface area contributed by atoms with Crippen molar-refractivity contribution < 1.29 is 18.0 Å². The first-order valence-corrected chi connectivity index (χ1v) is 10.7. The number of carbonyl (C=O) groups excluding carboxylic acids is 2. The van der Waals surface area contributed by atoms with Crippen molar-refractivity contribution in [3.05, 3.63) is 29.8 Å². The molecule has 0 radical (unpaired) electrons. The van der Waals surface area contributed by atoms with Crippen LogP contribution in [0.3, 0.4) is 0 Å². The summed E-state index contributed by atoms with van der Waals surface area (Å²) in [6, 6.07) is 5.90. The summed E-state index contributed by atoms with van der Waals surface area (Å²) >= 11 is 0. The summed E-state index contributed by atoms with van der Waals surface area (Å²) in [4.78, 5) is 24.0. The standard InChI is InChI=1S/C18H26N4O4S/c19-11-14-3-1-2-4-16(14)21-18(24)13-5-7-15(8-6-13)27(25,26)22-10-9-20-17(23)12-22/h5-8,14,16H,1-4,9-12,19H2,(H,20,23)(H,21,24). The normalized spacial score (nSPS) is 24.3. The minimum Gasteiger partial charge on any atom is -0.354 e. The van der Waals surface area contributed by atoms with Crippen LogP contribution in [0.1, 0.15) is 36.0 Å². The van der Waals surface area contributed by atoms with E-state index in [-0.39, 0.29) is 41.8 Å². The smallest absolute Gasteiger partial charge is 0.251 e. The molecule has 8 nitrogen and oxygen atoms in total. The third-order valence-electron chi connectivity index (χ3n) is 5.29. The van der Waals surface area contributed by atoms with Crippen molar-refractivity contribution in [3.8, 4) is 0 Å². The van der Waals surface area contributed by atoms with Crippen molar-refractivity contribution in [1.82, 2.24) is 14.9 Å². The van der Waals surface area contributed by atoms with Gasteiger partial charge in [-0.3, -0.25) is 9.59 Å².